The van der Waals surface area contributed by atoms with E-state index in [0.29, 0.717) is 11.8 Å². The molecule has 0 aliphatic carbocycles. The van der Waals surface area contributed by atoms with Gasteiger partial charge in [-0.15, -0.1) is 0 Å². The number of aliphatic hydroxyl groups excluding tert-OH is 1. The maximum Gasteiger partial charge on any atom is 0.0770 e. The first-order valence-electron chi connectivity index (χ1n) is 4.28. The minimum atomic E-state index is -0.322. The van der Waals surface area contributed by atoms with Crippen LogP contribution in [0, 0.1) is 11.8 Å². The van der Waals surface area contributed by atoms with Gasteiger partial charge in [0, 0.05) is 0 Å². The van der Waals surface area contributed by atoms with E-state index in [0.717, 1.165) is 12.0 Å². The minimum Gasteiger partial charge on any atom is -0.389 e. The third-order valence-electron chi connectivity index (χ3n) is 1.89. The van der Waals surface area contributed by atoms with Crippen LogP contribution >= 0.6 is 0 Å². The molecule has 0 saturated heterocycles. The molecule has 0 aromatic heterocycles. The van der Waals surface area contributed by atoms with E-state index < -0.39 is 0 Å². The van der Waals surface area contributed by atoms with Gasteiger partial charge in [-0.25, -0.2) is 0 Å². The lowest BCUT2D eigenvalue weighted by Gasteiger charge is -2.20. The number of rotatable bonds is 4. The van der Waals surface area contributed by atoms with Gasteiger partial charge in [-0.1, -0.05) is 32.9 Å². The van der Waals surface area contributed by atoms with Gasteiger partial charge in [0.05, 0.1) is 6.10 Å². The molecule has 0 spiro atoms. The molecule has 1 N–H and O–H groups in total. The molecule has 0 aliphatic rings. The lowest BCUT2D eigenvalue weighted by molar-refractivity contribution is 0.137. The molecular weight excluding hydrogens is 136 g/mol. The average Bonchev–Trinajstić information content (AvgIpc) is 1.84. The zero-order valence-electron chi connectivity index (χ0n) is 8.09. The van der Waals surface area contributed by atoms with E-state index >= 15 is 0 Å². The molecule has 1 unspecified atom stereocenters. The highest BCUT2D eigenvalue weighted by molar-refractivity contribution is 4.98. The highest BCUT2D eigenvalue weighted by atomic mass is 16.3. The van der Waals surface area contributed by atoms with Gasteiger partial charge in [0.25, 0.3) is 0 Å². The van der Waals surface area contributed by atoms with E-state index in [1.165, 1.54) is 0 Å². The maximum absolute atomic E-state index is 9.54. The topological polar surface area (TPSA) is 20.2 Å². The number of hydrogen-bond donors (Lipinski definition) is 1. The molecule has 0 rings (SSSR count). The Morgan fingerprint density at radius 2 is 1.82 bits per heavy atom. The van der Waals surface area contributed by atoms with Gasteiger partial charge in [0.1, 0.15) is 0 Å². The highest BCUT2D eigenvalue weighted by Gasteiger charge is 2.15. The third-order valence-corrected chi connectivity index (χ3v) is 1.89. The average molecular weight is 156 g/mol. The molecule has 0 heterocycles. The van der Waals surface area contributed by atoms with Crippen molar-refractivity contribution < 1.29 is 5.11 Å². The second-order valence-corrected chi connectivity index (χ2v) is 3.90. The van der Waals surface area contributed by atoms with Gasteiger partial charge < -0.3 is 5.11 Å². The zero-order valence-corrected chi connectivity index (χ0v) is 8.09. The summed E-state index contributed by atoms with van der Waals surface area (Å²) in [6, 6.07) is 0. The fraction of sp³-hybridized carbons (Fsp3) is 0.800. The van der Waals surface area contributed by atoms with Crippen LogP contribution in [-0.2, 0) is 0 Å². The van der Waals surface area contributed by atoms with E-state index in [1.54, 1.807) is 0 Å². The molecule has 66 valence electrons. The Bertz CT molecular complexity index is 127. The van der Waals surface area contributed by atoms with Crippen LogP contribution < -0.4 is 0 Å². The second kappa shape index (κ2) is 4.55. The lowest BCUT2D eigenvalue weighted by atomic mass is 9.91. The Morgan fingerprint density at radius 1 is 1.36 bits per heavy atom. The summed E-state index contributed by atoms with van der Waals surface area (Å²) in [5.41, 5.74) is 0.873. The monoisotopic (exact) mass is 156 g/mol. The van der Waals surface area contributed by atoms with Crippen molar-refractivity contribution in [3.63, 3.8) is 0 Å². The maximum atomic E-state index is 9.54. The van der Waals surface area contributed by atoms with Crippen LogP contribution in [0.5, 0.6) is 0 Å². The molecule has 11 heavy (non-hydrogen) atoms. The Balaban J connectivity index is 3.82. The number of hydrogen-bond acceptors (Lipinski definition) is 1. The van der Waals surface area contributed by atoms with Crippen LogP contribution in [0.1, 0.15) is 34.1 Å². The summed E-state index contributed by atoms with van der Waals surface area (Å²) in [4.78, 5) is 0. The molecular formula is C10H20O. The molecule has 0 fully saturated rings. The van der Waals surface area contributed by atoms with Crippen LogP contribution in [0.15, 0.2) is 12.2 Å². The highest BCUT2D eigenvalue weighted by Crippen LogP contribution is 2.18. The van der Waals surface area contributed by atoms with Crippen molar-refractivity contribution >= 4 is 0 Å². The van der Waals surface area contributed by atoms with E-state index in [4.69, 9.17) is 0 Å². The molecule has 0 saturated carbocycles. The molecule has 0 amide bonds. The Kier molecular flexibility index (Phi) is 4.43. The van der Waals surface area contributed by atoms with E-state index in [1.807, 2.05) is 6.92 Å². The van der Waals surface area contributed by atoms with Gasteiger partial charge in [-0.2, -0.15) is 0 Å². The molecule has 0 aliphatic heterocycles. The summed E-state index contributed by atoms with van der Waals surface area (Å²) in [5, 5.41) is 9.54. The van der Waals surface area contributed by atoms with Crippen molar-refractivity contribution in [1.82, 2.24) is 0 Å². The molecule has 1 nitrogen and oxygen atoms in total. The van der Waals surface area contributed by atoms with Crippen molar-refractivity contribution in [2.45, 2.75) is 40.2 Å². The van der Waals surface area contributed by atoms with Gasteiger partial charge in [-0.3, -0.25) is 0 Å². The lowest BCUT2D eigenvalue weighted by Crippen LogP contribution is -2.19. The fourth-order valence-corrected chi connectivity index (χ4v) is 1.36. The smallest absolute Gasteiger partial charge is 0.0770 e. The summed E-state index contributed by atoms with van der Waals surface area (Å²) in [7, 11) is 0. The molecule has 0 radical (unpaired) electrons. The van der Waals surface area contributed by atoms with Crippen LogP contribution in [0.2, 0.25) is 0 Å². The first kappa shape index (κ1) is 10.7. The summed E-state index contributed by atoms with van der Waals surface area (Å²) in [6.45, 7) is 12.0. The summed E-state index contributed by atoms with van der Waals surface area (Å²) in [5.74, 6) is 0.992. The summed E-state index contributed by atoms with van der Waals surface area (Å²) in [6.07, 6.45) is 0.742. The van der Waals surface area contributed by atoms with Gasteiger partial charge >= 0.3 is 0 Å². The van der Waals surface area contributed by atoms with Crippen LogP contribution in [-0.4, -0.2) is 11.2 Å². The summed E-state index contributed by atoms with van der Waals surface area (Å²) >= 11 is 0. The van der Waals surface area contributed by atoms with Crippen molar-refractivity contribution in [3.8, 4) is 0 Å². The first-order chi connectivity index (χ1) is 4.95. The largest absolute Gasteiger partial charge is 0.389 e. The van der Waals surface area contributed by atoms with Crippen molar-refractivity contribution in [2.24, 2.45) is 11.8 Å². The van der Waals surface area contributed by atoms with Gasteiger partial charge in [-0.05, 0) is 25.2 Å². The molecule has 0 bridgehead atoms. The number of aliphatic hydroxyl groups is 1. The van der Waals surface area contributed by atoms with Gasteiger partial charge in [0.15, 0.2) is 0 Å². The Morgan fingerprint density at radius 3 is 2.09 bits per heavy atom. The van der Waals surface area contributed by atoms with Crippen molar-refractivity contribution in [1.29, 1.82) is 0 Å². The molecule has 0 aromatic carbocycles. The second-order valence-electron chi connectivity index (χ2n) is 3.90. The predicted octanol–water partition coefficient (Wildman–Crippen LogP) is 2.61. The molecule has 0 aromatic rings. The van der Waals surface area contributed by atoms with Crippen LogP contribution in [0.4, 0.5) is 0 Å². The van der Waals surface area contributed by atoms with E-state index in [-0.39, 0.29) is 6.10 Å². The Hall–Kier alpha value is -0.300. The SMILES string of the molecule is C=C(C)[C@H](O)C(C)CC(C)C. The predicted molar refractivity (Wildman–Crippen MR) is 49.4 cm³/mol. The third kappa shape index (κ3) is 4.20. The molecule has 1 heteroatoms. The van der Waals surface area contributed by atoms with Crippen molar-refractivity contribution in [3.05, 3.63) is 12.2 Å². The zero-order chi connectivity index (χ0) is 9.02. The fourth-order valence-electron chi connectivity index (χ4n) is 1.36. The van der Waals surface area contributed by atoms with Crippen LogP contribution in [0.3, 0.4) is 0 Å². The van der Waals surface area contributed by atoms with Gasteiger partial charge in [0.2, 0.25) is 0 Å². The Labute approximate surface area is 70.1 Å². The van der Waals surface area contributed by atoms with Crippen LogP contribution in [0.25, 0.3) is 0 Å². The molecule has 2 atom stereocenters. The first-order valence-corrected chi connectivity index (χ1v) is 4.28. The minimum absolute atomic E-state index is 0.322. The van der Waals surface area contributed by atoms with E-state index in [2.05, 4.69) is 27.4 Å². The quantitative estimate of drug-likeness (QED) is 0.620. The normalized spacial score (nSPS) is 16.5. The van der Waals surface area contributed by atoms with Crippen molar-refractivity contribution in [2.75, 3.05) is 0 Å². The van der Waals surface area contributed by atoms with E-state index in [9.17, 15) is 5.11 Å². The standard InChI is InChI=1S/C10H20O/c1-7(2)6-9(5)10(11)8(3)4/h7,9-11H,3,6H2,1-2,4-5H3/t9?,10-/m0/s1. The summed E-state index contributed by atoms with van der Waals surface area (Å²) < 4.78 is 0.